The minimum absolute atomic E-state index is 0.502. The Hall–Kier alpha value is -2.61. The van der Waals surface area contributed by atoms with Gasteiger partial charge in [-0.1, -0.05) is 6.92 Å². The summed E-state index contributed by atoms with van der Waals surface area (Å²) in [7, 11) is 1.81. The van der Waals surface area contributed by atoms with E-state index < -0.39 is 0 Å². The lowest BCUT2D eigenvalue weighted by Crippen LogP contribution is -2.02. The highest BCUT2D eigenvalue weighted by Crippen LogP contribution is 2.29. The fraction of sp³-hybridized carbons (Fsp3) is 0.312. The molecule has 0 radical (unpaired) electrons. The van der Waals surface area contributed by atoms with E-state index in [1.807, 2.05) is 40.0 Å². The third-order valence-electron chi connectivity index (χ3n) is 3.12. The van der Waals surface area contributed by atoms with Crippen molar-refractivity contribution in [2.45, 2.75) is 27.2 Å². The van der Waals surface area contributed by atoms with Crippen LogP contribution in [0.25, 0.3) is 0 Å². The van der Waals surface area contributed by atoms with Crippen molar-refractivity contribution in [1.82, 2.24) is 9.97 Å². The Morgan fingerprint density at radius 3 is 2.38 bits per heavy atom. The average molecular weight is 282 g/mol. The van der Waals surface area contributed by atoms with Crippen LogP contribution in [0.2, 0.25) is 0 Å². The van der Waals surface area contributed by atoms with Crippen LogP contribution < -0.4 is 10.1 Å². The number of hydrogen-bond acceptors (Lipinski definition) is 5. The number of nitrogens with one attached hydrogen (secondary N) is 1. The van der Waals surface area contributed by atoms with Gasteiger partial charge in [0, 0.05) is 19.5 Å². The maximum Gasteiger partial charge on any atom is 0.224 e. The highest BCUT2D eigenvalue weighted by atomic mass is 16.5. The summed E-state index contributed by atoms with van der Waals surface area (Å²) in [6.07, 6.45) is 0.733. The summed E-state index contributed by atoms with van der Waals surface area (Å²) in [5.74, 6) is 2.68. The molecule has 5 nitrogen and oxygen atoms in total. The van der Waals surface area contributed by atoms with Crippen molar-refractivity contribution in [3.05, 3.63) is 40.7 Å². The van der Waals surface area contributed by atoms with E-state index in [0.717, 1.165) is 34.9 Å². The minimum atomic E-state index is 0.502. The summed E-state index contributed by atoms with van der Waals surface area (Å²) in [5.41, 5.74) is 2.45. The zero-order chi connectivity index (χ0) is 15.4. The maximum absolute atomic E-state index is 8.98. The fourth-order valence-electron chi connectivity index (χ4n) is 2.09. The molecule has 0 amide bonds. The highest BCUT2D eigenvalue weighted by molar-refractivity contribution is 5.49. The number of benzene rings is 1. The summed E-state index contributed by atoms with van der Waals surface area (Å²) in [4.78, 5) is 8.72. The molecule has 0 unspecified atom stereocenters. The van der Waals surface area contributed by atoms with E-state index >= 15 is 0 Å². The number of ether oxygens (including phenoxy) is 1. The molecular weight excluding hydrogens is 264 g/mol. The standard InChI is InChI=1S/C16H18N4O/c1-5-13-19-14(18-4)8-15(20-13)21-16-10(2)6-12(9-17)7-11(16)3/h6-8H,5H2,1-4H3,(H,18,19,20). The van der Waals surface area contributed by atoms with Gasteiger partial charge in [-0.2, -0.15) is 10.2 Å². The molecule has 0 spiro atoms. The first-order valence-electron chi connectivity index (χ1n) is 6.82. The lowest BCUT2D eigenvalue weighted by atomic mass is 10.1. The van der Waals surface area contributed by atoms with Crippen molar-refractivity contribution < 1.29 is 4.74 Å². The Balaban J connectivity index is 2.41. The highest BCUT2D eigenvalue weighted by Gasteiger charge is 2.10. The quantitative estimate of drug-likeness (QED) is 0.931. The van der Waals surface area contributed by atoms with Crippen molar-refractivity contribution in [3.8, 4) is 17.7 Å². The van der Waals surface area contributed by atoms with Gasteiger partial charge < -0.3 is 10.1 Å². The van der Waals surface area contributed by atoms with Crippen LogP contribution in [0.3, 0.4) is 0 Å². The molecular formula is C16H18N4O. The van der Waals surface area contributed by atoms with Gasteiger partial charge in [0.1, 0.15) is 17.4 Å². The first-order valence-corrected chi connectivity index (χ1v) is 6.82. The predicted octanol–water partition coefficient (Wildman–Crippen LogP) is 3.36. The summed E-state index contributed by atoms with van der Waals surface area (Å²) < 4.78 is 5.92. The van der Waals surface area contributed by atoms with Crippen molar-refractivity contribution >= 4 is 5.82 Å². The Labute approximate surface area is 124 Å². The molecule has 0 bridgehead atoms. The van der Waals surface area contributed by atoms with E-state index in [1.54, 1.807) is 6.07 Å². The molecule has 0 fully saturated rings. The average Bonchev–Trinajstić information content (AvgIpc) is 2.50. The normalized spacial score (nSPS) is 10.0. The third-order valence-corrected chi connectivity index (χ3v) is 3.12. The molecule has 108 valence electrons. The van der Waals surface area contributed by atoms with Crippen molar-refractivity contribution in [2.75, 3.05) is 12.4 Å². The maximum atomic E-state index is 8.98. The lowest BCUT2D eigenvalue weighted by Gasteiger charge is -2.13. The largest absolute Gasteiger partial charge is 0.438 e. The van der Waals surface area contributed by atoms with Gasteiger partial charge in [-0.25, -0.2) is 4.98 Å². The fourth-order valence-corrected chi connectivity index (χ4v) is 2.09. The predicted molar refractivity (Wildman–Crippen MR) is 81.7 cm³/mol. The second-order valence-electron chi connectivity index (χ2n) is 4.76. The lowest BCUT2D eigenvalue weighted by molar-refractivity contribution is 0.452. The second kappa shape index (κ2) is 6.23. The van der Waals surface area contributed by atoms with Crippen molar-refractivity contribution in [3.63, 3.8) is 0 Å². The Morgan fingerprint density at radius 2 is 1.86 bits per heavy atom. The number of rotatable bonds is 4. The zero-order valence-electron chi connectivity index (χ0n) is 12.7. The van der Waals surface area contributed by atoms with Crippen LogP contribution in [-0.2, 0) is 6.42 Å². The van der Waals surface area contributed by atoms with Crippen molar-refractivity contribution in [2.24, 2.45) is 0 Å². The molecule has 21 heavy (non-hydrogen) atoms. The van der Waals surface area contributed by atoms with Crippen molar-refractivity contribution in [1.29, 1.82) is 5.26 Å². The number of nitrogens with zero attached hydrogens (tertiary/aromatic N) is 3. The molecule has 0 aliphatic carbocycles. The monoisotopic (exact) mass is 282 g/mol. The third kappa shape index (κ3) is 3.29. The molecule has 5 heteroatoms. The Bertz CT molecular complexity index is 659. The van der Waals surface area contributed by atoms with Gasteiger partial charge in [0.25, 0.3) is 0 Å². The van der Waals surface area contributed by atoms with Gasteiger partial charge in [-0.15, -0.1) is 0 Å². The van der Waals surface area contributed by atoms with E-state index in [-0.39, 0.29) is 0 Å². The second-order valence-corrected chi connectivity index (χ2v) is 4.76. The summed E-state index contributed by atoms with van der Waals surface area (Å²) in [6, 6.07) is 7.52. The van der Waals surface area contributed by atoms with Crippen LogP contribution in [-0.4, -0.2) is 17.0 Å². The molecule has 0 saturated heterocycles. The summed E-state index contributed by atoms with van der Waals surface area (Å²) >= 11 is 0. The number of aryl methyl sites for hydroxylation is 3. The molecule has 2 rings (SSSR count). The van der Waals surface area contributed by atoms with Gasteiger partial charge in [0.05, 0.1) is 11.6 Å². The molecule has 1 aromatic heterocycles. The number of hydrogen-bond donors (Lipinski definition) is 1. The molecule has 0 aliphatic rings. The topological polar surface area (TPSA) is 70.8 Å². The SMILES string of the molecule is CCc1nc(NC)cc(Oc2c(C)cc(C#N)cc2C)n1. The molecule has 0 aliphatic heterocycles. The smallest absolute Gasteiger partial charge is 0.224 e. The number of nitriles is 1. The van der Waals surface area contributed by atoms with Gasteiger partial charge in [-0.3, -0.25) is 0 Å². The molecule has 2 aromatic rings. The number of anilines is 1. The van der Waals surface area contributed by atoms with E-state index in [0.29, 0.717) is 11.4 Å². The van der Waals surface area contributed by atoms with Crippen LogP contribution in [0.1, 0.15) is 29.4 Å². The summed E-state index contributed by atoms with van der Waals surface area (Å²) in [6.45, 7) is 5.84. The van der Waals surface area contributed by atoms with Crippen LogP contribution in [0.4, 0.5) is 5.82 Å². The van der Waals surface area contributed by atoms with Gasteiger partial charge in [0.2, 0.25) is 5.88 Å². The van der Waals surface area contributed by atoms with Crippen LogP contribution in [0.15, 0.2) is 18.2 Å². The van der Waals surface area contributed by atoms with E-state index in [1.165, 1.54) is 0 Å². The Kier molecular flexibility index (Phi) is 4.39. The molecule has 0 saturated carbocycles. The van der Waals surface area contributed by atoms with Crippen LogP contribution in [0, 0.1) is 25.2 Å². The first kappa shape index (κ1) is 14.8. The number of aromatic nitrogens is 2. The van der Waals surface area contributed by atoms with Gasteiger partial charge in [-0.05, 0) is 37.1 Å². The zero-order valence-corrected chi connectivity index (χ0v) is 12.7. The van der Waals surface area contributed by atoms with Gasteiger partial charge in [0.15, 0.2) is 0 Å². The molecule has 0 atom stereocenters. The molecule has 1 heterocycles. The first-order chi connectivity index (χ1) is 10.1. The van der Waals surface area contributed by atoms with Crippen LogP contribution in [0.5, 0.6) is 11.6 Å². The van der Waals surface area contributed by atoms with Gasteiger partial charge >= 0.3 is 0 Å². The van der Waals surface area contributed by atoms with E-state index in [9.17, 15) is 0 Å². The Morgan fingerprint density at radius 1 is 1.19 bits per heavy atom. The van der Waals surface area contributed by atoms with E-state index in [4.69, 9.17) is 10.00 Å². The van der Waals surface area contributed by atoms with E-state index in [2.05, 4.69) is 21.4 Å². The summed E-state index contributed by atoms with van der Waals surface area (Å²) in [5, 5.41) is 12.0. The van der Waals surface area contributed by atoms with Crippen LogP contribution >= 0.6 is 0 Å². The molecule has 1 aromatic carbocycles. The molecule has 1 N–H and O–H groups in total. The minimum Gasteiger partial charge on any atom is -0.438 e.